The quantitative estimate of drug-likeness (QED) is 0.800. The van der Waals surface area contributed by atoms with E-state index in [1.165, 1.54) is 5.56 Å². The molecule has 0 bridgehead atoms. The number of hydrogen-bond acceptors (Lipinski definition) is 3. The predicted molar refractivity (Wildman–Crippen MR) is 87.0 cm³/mol. The highest BCUT2D eigenvalue weighted by Gasteiger charge is 2.32. The highest BCUT2D eigenvalue weighted by molar-refractivity contribution is 7.89. The number of ether oxygens (including phenoxy) is 1. The fourth-order valence-corrected chi connectivity index (χ4v) is 3.67. The second-order valence-corrected chi connectivity index (χ2v) is 7.64. The van der Waals surface area contributed by atoms with Gasteiger partial charge in [0.1, 0.15) is 5.75 Å². The van der Waals surface area contributed by atoms with Gasteiger partial charge in [0.25, 0.3) is 0 Å². The van der Waals surface area contributed by atoms with Crippen LogP contribution in [-0.2, 0) is 10.0 Å². The van der Waals surface area contributed by atoms with Crippen LogP contribution in [0.15, 0.2) is 24.3 Å². The summed E-state index contributed by atoms with van der Waals surface area (Å²) >= 11 is 0. The van der Waals surface area contributed by atoms with Crippen LogP contribution in [0.3, 0.4) is 0 Å². The first-order valence-electron chi connectivity index (χ1n) is 7.44. The number of nitrogens with two attached hydrogens (primary N) is 1. The maximum atomic E-state index is 11.4. The zero-order valence-electron chi connectivity index (χ0n) is 13.4. The first-order chi connectivity index (χ1) is 9.71. The second-order valence-electron chi connectivity index (χ2n) is 6.03. The normalized spacial score (nSPS) is 12.7. The SMILES string of the molecule is CCC(CC)(COc1cccc(C(C)C)c1)CS(N)(=O)=O. The smallest absolute Gasteiger partial charge is 0.209 e. The van der Waals surface area contributed by atoms with Gasteiger partial charge in [-0.2, -0.15) is 0 Å². The van der Waals surface area contributed by atoms with E-state index >= 15 is 0 Å². The third kappa shape index (κ3) is 5.67. The molecule has 0 saturated carbocycles. The lowest BCUT2D eigenvalue weighted by Gasteiger charge is -2.30. The van der Waals surface area contributed by atoms with Gasteiger partial charge in [-0.3, -0.25) is 0 Å². The Labute approximate surface area is 128 Å². The van der Waals surface area contributed by atoms with Crippen molar-refractivity contribution in [2.45, 2.75) is 46.5 Å². The highest BCUT2D eigenvalue weighted by Crippen LogP contribution is 2.29. The van der Waals surface area contributed by atoms with Crippen molar-refractivity contribution in [2.75, 3.05) is 12.4 Å². The van der Waals surface area contributed by atoms with Crippen molar-refractivity contribution in [1.29, 1.82) is 0 Å². The van der Waals surface area contributed by atoms with E-state index < -0.39 is 15.4 Å². The Morgan fingerprint density at radius 1 is 1.24 bits per heavy atom. The van der Waals surface area contributed by atoms with Gasteiger partial charge in [-0.15, -0.1) is 0 Å². The molecule has 0 radical (unpaired) electrons. The van der Waals surface area contributed by atoms with Crippen molar-refractivity contribution in [3.05, 3.63) is 29.8 Å². The van der Waals surface area contributed by atoms with Gasteiger partial charge >= 0.3 is 0 Å². The molecule has 2 N–H and O–H groups in total. The lowest BCUT2D eigenvalue weighted by Crippen LogP contribution is -2.37. The fraction of sp³-hybridized carbons (Fsp3) is 0.625. The van der Waals surface area contributed by atoms with Crippen LogP contribution in [0.1, 0.15) is 52.0 Å². The molecule has 0 aromatic heterocycles. The predicted octanol–water partition coefficient (Wildman–Crippen LogP) is 3.28. The summed E-state index contributed by atoms with van der Waals surface area (Å²) in [6, 6.07) is 7.94. The maximum Gasteiger partial charge on any atom is 0.209 e. The topological polar surface area (TPSA) is 69.4 Å². The van der Waals surface area contributed by atoms with E-state index in [-0.39, 0.29) is 5.75 Å². The average Bonchev–Trinajstić information content (AvgIpc) is 2.42. The van der Waals surface area contributed by atoms with Crippen molar-refractivity contribution >= 4 is 10.0 Å². The van der Waals surface area contributed by atoms with Crippen molar-refractivity contribution in [1.82, 2.24) is 0 Å². The molecule has 0 heterocycles. The van der Waals surface area contributed by atoms with Crippen LogP contribution in [0.2, 0.25) is 0 Å². The van der Waals surface area contributed by atoms with Crippen molar-refractivity contribution in [2.24, 2.45) is 10.6 Å². The number of benzene rings is 1. The first kappa shape index (κ1) is 18.0. The van der Waals surface area contributed by atoms with Gasteiger partial charge < -0.3 is 4.74 Å². The Morgan fingerprint density at radius 2 is 1.86 bits per heavy atom. The molecule has 1 aromatic rings. The summed E-state index contributed by atoms with van der Waals surface area (Å²) in [5, 5.41) is 5.22. The third-order valence-electron chi connectivity index (χ3n) is 4.08. The van der Waals surface area contributed by atoms with Gasteiger partial charge in [-0.1, -0.05) is 39.8 Å². The molecular weight excluding hydrogens is 286 g/mol. The minimum atomic E-state index is -3.51. The van der Waals surface area contributed by atoms with Crippen LogP contribution in [0.5, 0.6) is 5.75 Å². The summed E-state index contributed by atoms with van der Waals surface area (Å²) in [5.74, 6) is 1.17. The van der Waals surface area contributed by atoms with E-state index in [4.69, 9.17) is 9.88 Å². The molecule has 0 fully saturated rings. The molecule has 1 aromatic carbocycles. The van der Waals surface area contributed by atoms with Gasteiger partial charge in [0, 0.05) is 5.41 Å². The van der Waals surface area contributed by atoms with E-state index in [1.54, 1.807) is 0 Å². The van der Waals surface area contributed by atoms with E-state index in [1.807, 2.05) is 32.0 Å². The van der Waals surface area contributed by atoms with E-state index in [0.29, 0.717) is 25.4 Å². The summed E-state index contributed by atoms with van der Waals surface area (Å²) in [6.45, 7) is 8.56. The number of sulfonamides is 1. The van der Waals surface area contributed by atoms with Crippen molar-refractivity contribution in [3.63, 3.8) is 0 Å². The van der Waals surface area contributed by atoms with E-state index in [9.17, 15) is 8.42 Å². The number of rotatable bonds is 8. The fourth-order valence-electron chi connectivity index (χ4n) is 2.33. The van der Waals surface area contributed by atoms with E-state index in [0.717, 1.165) is 5.75 Å². The lowest BCUT2D eigenvalue weighted by molar-refractivity contribution is 0.154. The summed E-state index contributed by atoms with van der Waals surface area (Å²) in [6.07, 6.45) is 1.42. The number of primary sulfonamides is 1. The van der Waals surface area contributed by atoms with Crippen LogP contribution < -0.4 is 9.88 Å². The largest absolute Gasteiger partial charge is 0.493 e. The van der Waals surface area contributed by atoms with E-state index in [2.05, 4.69) is 19.9 Å². The molecule has 120 valence electrons. The van der Waals surface area contributed by atoms with Gasteiger partial charge in [-0.05, 0) is 36.5 Å². The lowest BCUT2D eigenvalue weighted by atomic mass is 9.85. The Bertz CT molecular complexity index is 548. The molecule has 5 heteroatoms. The third-order valence-corrected chi connectivity index (χ3v) is 5.09. The molecule has 0 unspecified atom stereocenters. The molecule has 1 rings (SSSR count). The van der Waals surface area contributed by atoms with Crippen molar-refractivity contribution in [3.8, 4) is 5.75 Å². The monoisotopic (exact) mass is 313 g/mol. The Kier molecular flexibility index (Phi) is 6.23. The molecule has 0 spiro atoms. The summed E-state index contributed by atoms with van der Waals surface area (Å²) in [7, 11) is -3.51. The van der Waals surface area contributed by atoms with Gasteiger partial charge in [0.05, 0.1) is 12.4 Å². The molecule has 0 saturated heterocycles. The Hall–Kier alpha value is -1.07. The molecule has 21 heavy (non-hydrogen) atoms. The Balaban J connectivity index is 2.84. The highest BCUT2D eigenvalue weighted by atomic mass is 32.2. The molecule has 0 aliphatic rings. The average molecular weight is 313 g/mol. The summed E-state index contributed by atoms with van der Waals surface area (Å²) in [5.41, 5.74) is 0.777. The van der Waals surface area contributed by atoms with Crippen LogP contribution in [0.4, 0.5) is 0 Å². The van der Waals surface area contributed by atoms with Gasteiger partial charge in [0.2, 0.25) is 10.0 Å². The molecule has 4 nitrogen and oxygen atoms in total. The van der Waals surface area contributed by atoms with Gasteiger partial charge in [0.15, 0.2) is 0 Å². The Morgan fingerprint density at radius 3 is 2.33 bits per heavy atom. The summed E-state index contributed by atoms with van der Waals surface area (Å²) in [4.78, 5) is 0. The molecule has 0 aliphatic carbocycles. The summed E-state index contributed by atoms with van der Waals surface area (Å²) < 4.78 is 28.8. The van der Waals surface area contributed by atoms with Crippen LogP contribution in [0.25, 0.3) is 0 Å². The van der Waals surface area contributed by atoms with Crippen LogP contribution in [-0.4, -0.2) is 20.8 Å². The molecular formula is C16H27NO3S. The standard InChI is InChI=1S/C16H27NO3S/c1-5-16(6-2,12-21(17,18)19)11-20-15-9-7-8-14(10-15)13(3)4/h7-10,13H,5-6,11-12H2,1-4H3,(H2,17,18,19). The minimum absolute atomic E-state index is 0.0448. The zero-order valence-corrected chi connectivity index (χ0v) is 14.2. The molecule has 0 atom stereocenters. The van der Waals surface area contributed by atoms with Crippen molar-refractivity contribution < 1.29 is 13.2 Å². The van der Waals surface area contributed by atoms with Gasteiger partial charge in [-0.25, -0.2) is 13.6 Å². The van der Waals surface area contributed by atoms with Crippen LogP contribution >= 0.6 is 0 Å². The maximum absolute atomic E-state index is 11.4. The molecule has 0 amide bonds. The number of hydrogen-bond donors (Lipinski definition) is 1. The zero-order chi connectivity index (χ0) is 16.1. The minimum Gasteiger partial charge on any atom is -0.493 e. The molecule has 0 aliphatic heterocycles. The van der Waals surface area contributed by atoms with Crippen LogP contribution in [0, 0.1) is 5.41 Å². The second kappa shape index (κ2) is 7.27. The first-order valence-corrected chi connectivity index (χ1v) is 9.16.